The van der Waals surface area contributed by atoms with Crippen LogP contribution in [0, 0.1) is 17.0 Å². The van der Waals surface area contributed by atoms with Crippen LogP contribution in [0.2, 0.25) is 0 Å². The van der Waals surface area contributed by atoms with E-state index in [9.17, 15) is 10.1 Å². The summed E-state index contributed by atoms with van der Waals surface area (Å²) in [6.45, 7) is 2.37. The van der Waals surface area contributed by atoms with E-state index in [0.29, 0.717) is 12.4 Å². The summed E-state index contributed by atoms with van der Waals surface area (Å²) in [5, 5.41) is 10.7. The number of nitrogens with two attached hydrogens (primary N) is 1. The molecule has 5 heteroatoms. The second-order valence-corrected chi connectivity index (χ2v) is 4.90. The van der Waals surface area contributed by atoms with Gasteiger partial charge in [-0.25, -0.2) is 0 Å². The minimum atomic E-state index is -0.406. The minimum Gasteiger partial charge on any atom is -0.493 e. The van der Waals surface area contributed by atoms with Crippen molar-refractivity contribution in [1.82, 2.24) is 0 Å². The zero-order valence-electron chi connectivity index (χ0n) is 11.9. The van der Waals surface area contributed by atoms with Crippen molar-refractivity contribution in [3.63, 3.8) is 0 Å². The van der Waals surface area contributed by atoms with Crippen molar-refractivity contribution in [2.24, 2.45) is 0 Å². The Kier molecular flexibility index (Phi) is 4.77. The Hall–Kier alpha value is -2.56. The fourth-order valence-corrected chi connectivity index (χ4v) is 2.12. The molecule has 21 heavy (non-hydrogen) atoms. The van der Waals surface area contributed by atoms with Crippen LogP contribution in [0.5, 0.6) is 5.75 Å². The molecule has 2 N–H and O–H groups in total. The number of nitro benzene ring substituents is 1. The van der Waals surface area contributed by atoms with Gasteiger partial charge in [-0.15, -0.1) is 0 Å². The Morgan fingerprint density at radius 1 is 1.24 bits per heavy atom. The molecule has 0 bridgehead atoms. The van der Waals surface area contributed by atoms with E-state index in [1.54, 1.807) is 13.0 Å². The van der Waals surface area contributed by atoms with Gasteiger partial charge in [-0.1, -0.05) is 12.1 Å². The summed E-state index contributed by atoms with van der Waals surface area (Å²) in [5.41, 5.74) is 8.52. The highest BCUT2D eigenvalue weighted by atomic mass is 16.6. The number of hydrogen-bond acceptors (Lipinski definition) is 4. The number of aryl methyl sites for hydroxylation is 2. The van der Waals surface area contributed by atoms with Crippen molar-refractivity contribution in [3.8, 4) is 5.75 Å². The van der Waals surface area contributed by atoms with E-state index >= 15 is 0 Å². The Morgan fingerprint density at radius 2 is 2.05 bits per heavy atom. The summed E-state index contributed by atoms with van der Waals surface area (Å²) in [6.07, 6.45) is 1.75. The van der Waals surface area contributed by atoms with Gasteiger partial charge in [0.25, 0.3) is 5.69 Å². The maximum atomic E-state index is 10.7. The van der Waals surface area contributed by atoms with E-state index in [0.717, 1.165) is 24.1 Å². The molecule has 0 aliphatic rings. The van der Waals surface area contributed by atoms with Crippen LogP contribution in [0.25, 0.3) is 0 Å². The van der Waals surface area contributed by atoms with Gasteiger partial charge in [0.15, 0.2) is 0 Å². The number of hydrogen-bond donors (Lipinski definition) is 1. The molecule has 2 aromatic rings. The van der Waals surface area contributed by atoms with Crippen molar-refractivity contribution in [3.05, 3.63) is 63.7 Å². The molecule has 0 aromatic heterocycles. The molecule has 0 amide bonds. The van der Waals surface area contributed by atoms with Crippen LogP contribution >= 0.6 is 0 Å². The lowest BCUT2D eigenvalue weighted by Gasteiger charge is -2.09. The largest absolute Gasteiger partial charge is 0.493 e. The smallest absolute Gasteiger partial charge is 0.269 e. The van der Waals surface area contributed by atoms with E-state index in [-0.39, 0.29) is 5.69 Å². The topological polar surface area (TPSA) is 78.4 Å². The molecule has 0 aliphatic heterocycles. The Labute approximate surface area is 123 Å². The van der Waals surface area contributed by atoms with Crippen LogP contribution in [0.4, 0.5) is 11.4 Å². The molecule has 0 saturated carbocycles. The molecule has 0 atom stereocenters. The summed E-state index contributed by atoms with van der Waals surface area (Å²) in [4.78, 5) is 10.3. The summed E-state index contributed by atoms with van der Waals surface area (Å²) in [5.74, 6) is 0.688. The molecule has 110 valence electrons. The Bertz CT molecular complexity index is 641. The zero-order chi connectivity index (χ0) is 15.2. The third-order valence-electron chi connectivity index (χ3n) is 3.19. The first-order valence-electron chi connectivity index (χ1n) is 6.78. The van der Waals surface area contributed by atoms with E-state index < -0.39 is 4.92 Å². The molecular weight excluding hydrogens is 268 g/mol. The zero-order valence-corrected chi connectivity index (χ0v) is 11.9. The van der Waals surface area contributed by atoms with E-state index in [4.69, 9.17) is 10.5 Å². The molecule has 0 spiro atoms. The molecule has 2 aromatic carbocycles. The molecule has 0 unspecified atom stereocenters. The molecule has 0 aliphatic carbocycles. The number of ether oxygens (including phenoxy) is 1. The van der Waals surface area contributed by atoms with Gasteiger partial charge in [0.1, 0.15) is 5.75 Å². The third kappa shape index (κ3) is 4.21. The SMILES string of the molecule is Cc1cc([N+](=O)[O-])ccc1OCCCc1cccc(N)c1. The quantitative estimate of drug-likeness (QED) is 0.381. The van der Waals surface area contributed by atoms with Crippen molar-refractivity contribution < 1.29 is 9.66 Å². The number of nitro groups is 1. The fraction of sp³-hybridized carbons (Fsp3) is 0.250. The number of nitrogens with zero attached hydrogens (tertiary/aromatic N) is 1. The first-order chi connectivity index (χ1) is 10.1. The summed E-state index contributed by atoms with van der Waals surface area (Å²) in [7, 11) is 0. The number of non-ortho nitro benzene ring substituents is 1. The average Bonchev–Trinajstić information content (AvgIpc) is 2.45. The lowest BCUT2D eigenvalue weighted by molar-refractivity contribution is -0.384. The Balaban J connectivity index is 1.85. The van der Waals surface area contributed by atoms with Crippen molar-refractivity contribution in [2.75, 3.05) is 12.3 Å². The number of nitrogen functional groups attached to an aromatic ring is 1. The molecular formula is C16H18N2O3. The summed E-state index contributed by atoms with van der Waals surface area (Å²) in [6, 6.07) is 12.4. The normalized spacial score (nSPS) is 10.3. The number of benzene rings is 2. The predicted molar refractivity (Wildman–Crippen MR) is 82.5 cm³/mol. The van der Waals surface area contributed by atoms with Gasteiger partial charge in [-0.05, 0) is 49.1 Å². The highest BCUT2D eigenvalue weighted by Gasteiger charge is 2.08. The minimum absolute atomic E-state index is 0.0830. The molecule has 0 heterocycles. The van der Waals surface area contributed by atoms with Crippen molar-refractivity contribution >= 4 is 11.4 Å². The standard InChI is InChI=1S/C16H18N2O3/c1-12-10-15(18(19)20)7-8-16(12)21-9-3-5-13-4-2-6-14(17)11-13/h2,4,6-8,10-11H,3,5,9,17H2,1H3. The lowest BCUT2D eigenvalue weighted by Crippen LogP contribution is -2.01. The molecule has 2 rings (SSSR count). The second-order valence-electron chi connectivity index (χ2n) is 4.90. The van der Waals surface area contributed by atoms with Gasteiger partial charge < -0.3 is 10.5 Å². The lowest BCUT2D eigenvalue weighted by atomic mass is 10.1. The van der Waals surface area contributed by atoms with Gasteiger partial charge in [-0.3, -0.25) is 10.1 Å². The van der Waals surface area contributed by atoms with Crippen LogP contribution < -0.4 is 10.5 Å². The average molecular weight is 286 g/mol. The highest BCUT2D eigenvalue weighted by Crippen LogP contribution is 2.23. The highest BCUT2D eigenvalue weighted by molar-refractivity contribution is 5.43. The van der Waals surface area contributed by atoms with Gasteiger partial charge >= 0.3 is 0 Å². The van der Waals surface area contributed by atoms with Gasteiger partial charge in [0, 0.05) is 17.8 Å². The van der Waals surface area contributed by atoms with Crippen molar-refractivity contribution in [2.45, 2.75) is 19.8 Å². The predicted octanol–water partition coefficient (Wildman–Crippen LogP) is 3.50. The van der Waals surface area contributed by atoms with Gasteiger partial charge in [0.05, 0.1) is 11.5 Å². The molecule has 0 fully saturated rings. The van der Waals surface area contributed by atoms with Crippen LogP contribution in [-0.4, -0.2) is 11.5 Å². The maximum Gasteiger partial charge on any atom is 0.269 e. The van der Waals surface area contributed by atoms with E-state index in [1.165, 1.54) is 17.7 Å². The summed E-state index contributed by atoms with van der Waals surface area (Å²) >= 11 is 0. The van der Waals surface area contributed by atoms with E-state index in [1.807, 2.05) is 24.3 Å². The second kappa shape index (κ2) is 6.74. The van der Waals surface area contributed by atoms with Crippen LogP contribution in [0.1, 0.15) is 17.5 Å². The van der Waals surface area contributed by atoms with Crippen LogP contribution in [0.3, 0.4) is 0 Å². The third-order valence-corrected chi connectivity index (χ3v) is 3.19. The first-order valence-corrected chi connectivity index (χ1v) is 6.78. The maximum absolute atomic E-state index is 10.7. The Morgan fingerprint density at radius 3 is 2.71 bits per heavy atom. The number of anilines is 1. The van der Waals surface area contributed by atoms with Gasteiger partial charge in [0.2, 0.25) is 0 Å². The molecule has 0 saturated heterocycles. The van der Waals surface area contributed by atoms with Crippen LogP contribution in [-0.2, 0) is 6.42 Å². The molecule has 5 nitrogen and oxygen atoms in total. The monoisotopic (exact) mass is 286 g/mol. The van der Waals surface area contributed by atoms with Crippen molar-refractivity contribution in [1.29, 1.82) is 0 Å². The van der Waals surface area contributed by atoms with Crippen LogP contribution in [0.15, 0.2) is 42.5 Å². The summed E-state index contributed by atoms with van der Waals surface area (Å²) < 4.78 is 5.67. The van der Waals surface area contributed by atoms with Gasteiger partial charge in [-0.2, -0.15) is 0 Å². The fourth-order valence-electron chi connectivity index (χ4n) is 2.12. The molecule has 0 radical (unpaired) electrons. The van der Waals surface area contributed by atoms with E-state index in [2.05, 4.69) is 0 Å². The first kappa shape index (κ1) is 14.8. The number of rotatable bonds is 6.